The van der Waals surface area contributed by atoms with Gasteiger partial charge in [0.1, 0.15) is 0 Å². The molecule has 0 spiro atoms. The summed E-state index contributed by atoms with van der Waals surface area (Å²) in [7, 11) is 1.69. The minimum absolute atomic E-state index is 0.159. The van der Waals surface area contributed by atoms with Gasteiger partial charge in [-0.25, -0.2) is 0 Å². The van der Waals surface area contributed by atoms with Gasteiger partial charge in [0.25, 0.3) is 0 Å². The lowest BCUT2D eigenvalue weighted by Gasteiger charge is -2.32. The van der Waals surface area contributed by atoms with Crippen molar-refractivity contribution < 1.29 is 9.47 Å². The van der Waals surface area contributed by atoms with Crippen molar-refractivity contribution in [2.45, 2.75) is 58.7 Å². The quantitative estimate of drug-likeness (QED) is 0.823. The van der Waals surface area contributed by atoms with Crippen molar-refractivity contribution >= 4 is 0 Å². The maximum Gasteiger partial charge on any atom is 0.161 e. The maximum absolute atomic E-state index is 5.74. The summed E-state index contributed by atoms with van der Waals surface area (Å²) in [5.41, 5.74) is 1.24. The molecule has 112 valence electrons. The third kappa shape index (κ3) is 3.89. The Morgan fingerprint density at radius 1 is 1.20 bits per heavy atom. The Hall–Kier alpha value is -1.22. The first-order valence-electron chi connectivity index (χ1n) is 7.67. The predicted molar refractivity (Wildman–Crippen MR) is 82.4 cm³/mol. The normalized spacial score (nSPS) is 16.9. The summed E-state index contributed by atoms with van der Waals surface area (Å²) in [6, 6.07) is 6.78. The molecule has 1 unspecified atom stereocenters. The third-order valence-electron chi connectivity index (χ3n) is 4.08. The molecule has 0 bridgehead atoms. The average Bonchev–Trinajstić information content (AvgIpc) is 2.34. The number of ether oxygens (including phenoxy) is 2. The molecular formula is C17H27NO2. The van der Waals surface area contributed by atoms with E-state index in [1.54, 1.807) is 7.11 Å². The van der Waals surface area contributed by atoms with Crippen LogP contribution in [0, 0.1) is 5.92 Å². The highest BCUT2D eigenvalue weighted by Gasteiger charge is 2.23. The molecule has 1 aromatic rings. The molecule has 1 atom stereocenters. The minimum Gasteiger partial charge on any atom is -0.493 e. The van der Waals surface area contributed by atoms with Crippen LogP contribution < -0.4 is 14.8 Å². The Morgan fingerprint density at radius 3 is 2.50 bits per heavy atom. The fraction of sp³-hybridized carbons (Fsp3) is 0.647. The van der Waals surface area contributed by atoms with Crippen molar-refractivity contribution in [3.05, 3.63) is 23.8 Å². The fourth-order valence-electron chi connectivity index (χ4n) is 2.56. The third-order valence-corrected chi connectivity index (χ3v) is 4.08. The maximum atomic E-state index is 5.74. The van der Waals surface area contributed by atoms with E-state index < -0.39 is 0 Å². The molecule has 0 amide bonds. The van der Waals surface area contributed by atoms with Gasteiger partial charge in [0.05, 0.1) is 13.2 Å². The van der Waals surface area contributed by atoms with Crippen LogP contribution in [0.5, 0.6) is 11.5 Å². The summed E-state index contributed by atoms with van der Waals surface area (Å²) in [6.07, 6.45) is 4.30. The topological polar surface area (TPSA) is 30.5 Å². The van der Waals surface area contributed by atoms with Crippen LogP contribution in [-0.4, -0.2) is 19.3 Å². The monoisotopic (exact) mass is 277 g/mol. The summed E-state index contributed by atoms with van der Waals surface area (Å²) in [5.74, 6) is 2.49. The Kier molecular flexibility index (Phi) is 5.30. The van der Waals surface area contributed by atoms with Gasteiger partial charge < -0.3 is 14.8 Å². The Morgan fingerprint density at radius 2 is 1.95 bits per heavy atom. The van der Waals surface area contributed by atoms with E-state index in [0.29, 0.717) is 6.04 Å². The van der Waals surface area contributed by atoms with Crippen LogP contribution in [0.1, 0.15) is 45.6 Å². The first kappa shape index (κ1) is 15.2. The average molecular weight is 277 g/mol. The van der Waals surface area contributed by atoms with Gasteiger partial charge in [-0.3, -0.25) is 0 Å². The zero-order chi connectivity index (χ0) is 14.5. The van der Waals surface area contributed by atoms with Crippen LogP contribution in [0.3, 0.4) is 0 Å². The molecular weight excluding hydrogens is 250 g/mol. The van der Waals surface area contributed by atoms with Crippen LogP contribution in [-0.2, 0) is 6.54 Å². The summed E-state index contributed by atoms with van der Waals surface area (Å²) >= 11 is 0. The highest BCUT2D eigenvalue weighted by Crippen LogP contribution is 2.31. The summed E-state index contributed by atoms with van der Waals surface area (Å²) in [6.45, 7) is 7.22. The zero-order valence-electron chi connectivity index (χ0n) is 13.1. The highest BCUT2D eigenvalue weighted by molar-refractivity contribution is 5.43. The Bertz CT molecular complexity index is 427. The van der Waals surface area contributed by atoms with E-state index in [4.69, 9.17) is 9.47 Å². The lowest BCUT2D eigenvalue weighted by molar-refractivity contribution is 0.229. The molecule has 1 saturated carbocycles. The first-order valence-corrected chi connectivity index (χ1v) is 7.67. The molecule has 20 heavy (non-hydrogen) atoms. The van der Waals surface area contributed by atoms with E-state index in [-0.39, 0.29) is 6.10 Å². The van der Waals surface area contributed by atoms with Gasteiger partial charge in [-0.15, -0.1) is 0 Å². The largest absolute Gasteiger partial charge is 0.493 e. The molecule has 3 heteroatoms. The fourth-order valence-corrected chi connectivity index (χ4v) is 2.56. The van der Waals surface area contributed by atoms with E-state index in [9.17, 15) is 0 Å². The van der Waals surface area contributed by atoms with Gasteiger partial charge in [-0.05, 0) is 57.2 Å². The standard InChI is InChI=1S/C17H27NO2/c1-12(2)20-16-9-8-14(10-17(16)19-4)11-18-13(3)15-6-5-7-15/h8-10,12-13,15,18H,5-7,11H2,1-4H3. The van der Waals surface area contributed by atoms with Crippen molar-refractivity contribution in [2.24, 2.45) is 5.92 Å². The molecule has 1 aromatic carbocycles. The molecule has 0 aliphatic heterocycles. The minimum atomic E-state index is 0.159. The number of rotatable bonds is 7. The van der Waals surface area contributed by atoms with Crippen LogP contribution in [0.15, 0.2) is 18.2 Å². The molecule has 0 aromatic heterocycles. The van der Waals surface area contributed by atoms with Crippen LogP contribution >= 0.6 is 0 Å². The second-order valence-electron chi connectivity index (χ2n) is 6.01. The number of methoxy groups -OCH3 is 1. The first-order chi connectivity index (χ1) is 9.60. The zero-order valence-corrected chi connectivity index (χ0v) is 13.1. The molecule has 0 radical (unpaired) electrons. The van der Waals surface area contributed by atoms with Gasteiger partial charge >= 0.3 is 0 Å². The molecule has 0 saturated heterocycles. The van der Waals surface area contributed by atoms with Gasteiger partial charge in [-0.1, -0.05) is 12.5 Å². The SMILES string of the molecule is COc1cc(CNC(C)C2CCC2)ccc1OC(C)C. The molecule has 1 aliphatic carbocycles. The lowest BCUT2D eigenvalue weighted by Crippen LogP contribution is -2.36. The van der Waals surface area contributed by atoms with Gasteiger partial charge in [0.2, 0.25) is 0 Å². The van der Waals surface area contributed by atoms with Crippen molar-refractivity contribution in [3.8, 4) is 11.5 Å². The van der Waals surface area contributed by atoms with Gasteiger partial charge in [0, 0.05) is 12.6 Å². The molecule has 2 rings (SSSR count). The van der Waals surface area contributed by atoms with Crippen molar-refractivity contribution in [2.75, 3.05) is 7.11 Å². The number of hydrogen-bond donors (Lipinski definition) is 1. The predicted octanol–water partition coefficient (Wildman–Crippen LogP) is 3.76. The van der Waals surface area contributed by atoms with Crippen molar-refractivity contribution in [3.63, 3.8) is 0 Å². The molecule has 0 heterocycles. The lowest BCUT2D eigenvalue weighted by atomic mass is 9.80. The Labute approximate surface area is 122 Å². The van der Waals surface area contributed by atoms with Crippen molar-refractivity contribution in [1.82, 2.24) is 5.32 Å². The highest BCUT2D eigenvalue weighted by atomic mass is 16.5. The summed E-state index contributed by atoms with van der Waals surface area (Å²) < 4.78 is 11.2. The second kappa shape index (κ2) is 6.98. The van der Waals surface area contributed by atoms with Crippen molar-refractivity contribution in [1.29, 1.82) is 0 Å². The van der Waals surface area contributed by atoms with E-state index in [1.807, 2.05) is 19.9 Å². The summed E-state index contributed by atoms with van der Waals surface area (Å²) in [4.78, 5) is 0. The van der Waals surface area contributed by atoms with Crippen LogP contribution in [0.2, 0.25) is 0 Å². The summed E-state index contributed by atoms with van der Waals surface area (Å²) in [5, 5.41) is 3.62. The van der Waals surface area contributed by atoms with Crippen LogP contribution in [0.25, 0.3) is 0 Å². The molecule has 3 nitrogen and oxygen atoms in total. The number of nitrogens with one attached hydrogen (secondary N) is 1. The number of hydrogen-bond acceptors (Lipinski definition) is 3. The van der Waals surface area contributed by atoms with E-state index in [2.05, 4.69) is 24.4 Å². The number of benzene rings is 1. The van der Waals surface area contributed by atoms with Gasteiger partial charge in [-0.2, -0.15) is 0 Å². The second-order valence-corrected chi connectivity index (χ2v) is 6.01. The van der Waals surface area contributed by atoms with Gasteiger partial charge in [0.15, 0.2) is 11.5 Å². The Balaban J connectivity index is 1.94. The van der Waals surface area contributed by atoms with Crippen LogP contribution in [0.4, 0.5) is 0 Å². The molecule has 1 aliphatic rings. The van der Waals surface area contributed by atoms with E-state index in [0.717, 1.165) is 24.0 Å². The van der Waals surface area contributed by atoms with E-state index >= 15 is 0 Å². The molecule has 1 N–H and O–H groups in total. The molecule has 1 fully saturated rings. The van der Waals surface area contributed by atoms with E-state index in [1.165, 1.54) is 24.8 Å². The smallest absolute Gasteiger partial charge is 0.161 e.